The first-order chi connectivity index (χ1) is 5.54. The van der Waals surface area contributed by atoms with E-state index in [9.17, 15) is 0 Å². The van der Waals surface area contributed by atoms with Crippen LogP contribution in [0.2, 0.25) is 0 Å². The van der Waals surface area contributed by atoms with Crippen LogP contribution in [0.4, 0.5) is 0 Å². The Hall–Kier alpha value is -0.190. The number of alkyl halides is 1. The van der Waals surface area contributed by atoms with E-state index < -0.39 is 0 Å². The molecule has 0 radical (unpaired) electrons. The molecular weight excluding hydrogens is 263 g/mol. The minimum atomic E-state index is 0.0318. The van der Waals surface area contributed by atoms with Gasteiger partial charge in [0.15, 0.2) is 0 Å². The normalized spacial score (nSPS) is 11.7. The summed E-state index contributed by atoms with van der Waals surface area (Å²) in [6.07, 6.45) is 4.81. The average molecular weight is 276 g/mol. The van der Waals surface area contributed by atoms with Crippen LogP contribution >= 0.6 is 22.6 Å². The van der Waals surface area contributed by atoms with Crippen LogP contribution in [0, 0.1) is 0 Å². The van der Waals surface area contributed by atoms with Crippen molar-refractivity contribution in [3.63, 3.8) is 0 Å². The third-order valence-electron chi connectivity index (χ3n) is 1.65. The molecule has 0 N–H and O–H groups in total. The van der Waals surface area contributed by atoms with E-state index in [4.69, 9.17) is 0 Å². The molecule has 1 aromatic heterocycles. The molecule has 0 spiro atoms. The lowest BCUT2D eigenvalue weighted by Gasteiger charge is -2.13. The molecule has 2 nitrogen and oxygen atoms in total. The Morgan fingerprint density at radius 2 is 1.83 bits per heavy atom. The lowest BCUT2D eigenvalue weighted by atomic mass is 10.2. The smallest absolute Gasteiger partial charge is 0.143 e. The van der Waals surface area contributed by atoms with E-state index in [1.165, 1.54) is 5.56 Å². The molecule has 12 heavy (non-hydrogen) atoms. The first-order valence-electron chi connectivity index (χ1n) is 4.04. The number of halogens is 1. The zero-order valence-electron chi connectivity index (χ0n) is 7.63. The Labute approximate surface area is 87.0 Å². The summed E-state index contributed by atoms with van der Waals surface area (Å²) in [6, 6.07) is 0. The van der Waals surface area contributed by atoms with Crippen molar-refractivity contribution in [2.45, 2.75) is 30.6 Å². The number of aryl methyl sites for hydroxylation is 1. The van der Waals surface area contributed by atoms with Crippen molar-refractivity contribution in [1.82, 2.24) is 9.97 Å². The predicted molar refractivity (Wildman–Crippen MR) is 58.5 cm³/mol. The second kappa shape index (κ2) is 3.68. The summed E-state index contributed by atoms with van der Waals surface area (Å²) >= 11 is 2.34. The second-order valence-electron chi connectivity index (χ2n) is 3.24. The molecule has 3 heteroatoms. The van der Waals surface area contributed by atoms with Crippen LogP contribution in [0.5, 0.6) is 0 Å². The SMILES string of the molecule is CCc1cnc(C(C)(C)I)nc1. The Bertz CT molecular complexity index is 248. The van der Waals surface area contributed by atoms with Gasteiger partial charge >= 0.3 is 0 Å². The Morgan fingerprint density at radius 1 is 1.33 bits per heavy atom. The standard InChI is InChI=1S/C9H13IN2/c1-4-7-5-11-8(12-6-7)9(2,3)10/h5-6H,4H2,1-3H3. The lowest BCUT2D eigenvalue weighted by Crippen LogP contribution is -2.11. The molecule has 1 aromatic rings. The van der Waals surface area contributed by atoms with Crippen molar-refractivity contribution in [3.8, 4) is 0 Å². The van der Waals surface area contributed by atoms with Crippen molar-refractivity contribution in [3.05, 3.63) is 23.8 Å². The minimum Gasteiger partial charge on any atom is -0.240 e. The van der Waals surface area contributed by atoms with Gasteiger partial charge in [0.2, 0.25) is 0 Å². The van der Waals surface area contributed by atoms with Gasteiger partial charge in [0.25, 0.3) is 0 Å². The van der Waals surface area contributed by atoms with E-state index in [1.807, 2.05) is 12.4 Å². The van der Waals surface area contributed by atoms with E-state index in [-0.39, 0.29) is 3.42 Å². The molecule has 0 unspecified atom stereocenters. The van der Waals surface area contributed by atoms with Crippen molar-refractivity contribution in [2.75, 3.05) is 0 Å². The molecular formula is C9H13IN2. The number of nitrogens with zero attached hydrogens (tertiary/aromatic N) is 2. The summed E-state index contributed by atoms with van der Waals surface area (Å²) in [7, 11) is 0. The third-order valence-corrected chi connectivity index (χ3v) is 2.13. The number of hydrogen-bond donors (Lipinski definition) is 0. The van der Waals surface area contributed by atoms with Crippen molar-refractivity contribution in [2.24, 2.45) is 0 Å². The molecule has 0 saturated heterocycles. The minimum absolute atomic E-state index is 0.0318. The highest BCUT2D eigenvalue weighted by molar-refractivity contribution is 14.1. The summed E-state index contributed by atoms with van der Waals surface area (Å²) in [6.45, 7) is 6.32. The summed E-state index contributed by atoms with van der Waals surface area (Å²) in [5.41, 5.74) is 1.19. The largest absolute Gasteiger partial charge is 0.240 e. The van der Waals surface area contributed by atoms with Crippen LogP contribution in [0.25, 0.3) is 0 Å². The maximum Gasteiger partial charge on any atom is 0.143 e. The molecule has 0 amide bonds. The summed E-state index contributed by atoms with van der Waals surface area (Å²) in [5, 5.41) is 0. The Kier molecular flexibility index (Phi) is 3.04. The molecule has 1 rings (SSSR count). The van der Waals surface area contributed by atoms with Crippen LogP contribution in [0.1, 0.15) is 32.2 Å². The molecule has 0 atom stereocenters. The lowest BCUT2D eigenvalue weighted by molar-refractivity contribution is 0.737. The van der Waals surface area contributed by atoms with E-state index in [0.717, 1.165) is 12.2 Å². The number of hydrogen-bond acceptors (Lipinski definition) is 2. The topological polar surface area (TPSA) is 25.8 Å². The van der Waals surface area contributed by atoms with Gasteiger partial charge in [0.05, 0.1) is 3.42 Å². The van der Waals surface area contributed by atoms with E-state index in [1.54, 1.807) is 0 Å². The number of aromatic nitrogens is 2. The quantitative estimate of drug-likeness (QED) is 0.613. The van der Waals surface area contributed by atoms with Gasteiger partial charge in [-0.05, 0) is 25.8 Å². The molecule has 66 valence electrons. The fourth-order valence-electron chi connectivity index (χ4n) is 0.844. The van der Waals surface area contributed by atoms with Crippen molar-refractivity contribution in [1.29, 1.82) is 0 Å². The predicted octanol–water partition coefficient (Wildman–Crippen LogP) is 2.71. The van der Waals surface area contributed by atoms with Gasteiger partial charge in [-0.3, -0.25) is 0 Å². The van der Waals surface area contributed by atoms with Crippen LogP contribution in [0.15, 0.2) is 12.4 Å². The van der Waals surface area contributed by atoms with Crippen LogP contribution in [-0.2, 0) is 9.84 Å². The molecule has 0 aliphatic rings. The number of rotatable bonds is 2. The summed E-state index contributed by atoms with van der Waals surface area (Å²) in [4.78, 5) is 8.60. The highest BCUT2D eigenvalue weighted by atomic mass is 127. The maximum absolute atomic E-state index is 4.30. The Balaban J connectivity index is 2.93. The molecule has 0 bridgehead atoms. The average Bonchev–Trinajstić information content (AvgIpc) is 2.03. The second-order valence-corrected chi connectivity index (χ2v) is 5.94. The zero-order valence-corrected chi connectivity index (χ0v) is 9.79. The highest BCUT2D eigenvalue weighted by Crippen LogP contribution is 2.26. The van der Waals surface area contributed by atoms with E-state index >= 15 is 0 Å². The van der Waals surface area contributed by atoms with Crippen LogP contribution in [-0.4, -0.2) is 9.97 Å². The third kappa shape index (κ3) is 2.40. The first-order valence-corrected chi connectivity index (χ1v) is 5.12. The molecule has 0 aromatic carbocycles. The fraction of sp³-hybridized carbons (Fsp3) is 0.556. The van der Waals surface area contributed by atoms with Gasteiger partial charge in [-0.25, -0.2) is 9.97 Å². The monoisotopic (exact) mass is 276 g/mol. The molecule has 0 fully saturated rings. The molecule has 0 aliphatic heterocycles. The van der Waals surface area contributed by atoms with Crippen LogP contribution < -0.4 is 0 Å². The summed E-state index contributed by atoms with van der Waals surface area (Å²) in [5.74, 6) is 0.903. The van der Waals surface area contributed by atoms with E-state index in [2.05, 4.69) is 53.3 Å². The van der Waals surface area contributed by atoms with Crippen LogP contribution in [0.3, 0.4) is 0 Å². The van der Waals surface area contributed by atoms with Gasteiger partial charge in [-0.1, -0.05) is 29.5 Å². The maximum atomic E-state index is 4.30. The molecule has 0 saturated carbocycles. The van der Waals surface area contributed by atoms with Gasteiger partial charge < -0.3 is 0 Å². The fourth-order valence-corrected chi connectivity index (χ4v) is 1.12. The van der Waals surface area contributed by atoms with E-state index in [0.29, 0.717) is 0 Å². The van der Waals surface area contributed by atoms with Gasteiger partial charge in [0, 0.05) is 12.4 Å². The molecule has 0 aliphatic carbocycles. The van der Waals surface area contributed by atoms with Crippen molar-refractivity contribution < 1.29 is 0 Å². The Morgan fingerprint density at radius 3 is 2.17 bits per heavy atom. The first kappa shape index (κ1) is 9.89. The zero-order chi connectivity index (χ0) is 9.19. The molecule has 1 heterocycles. The van der Waals surface area contributed by atoms with Gasteiger partial charge in [0.1, 0.15) is 5.82 Å². The van der Waals surface area contributed by atoms with Gasteiger partial charge in [-0.15, -0.1) is 0 Å². The van der Waals surface area contributed by atoms with Crippen molar-refractivity contribution >= 4 is 22.6 Å². The summed E-state index contributed by atoms with van der Waals surface area (Å²) < 4.78 is 0.0318. The highest BCUT2D eigenvalue weighted by Gasteiger charge is 2.18. The van der Waals surface area contributed by atoms with Gasteiger partial charge in [-0.2, -0.15) is 0 Å².